The summed E-state index contributed by atoms with van der Waals surface area (Å²) in [4.78, 5) is 7.67. The van der Waals surface area contributed by atoms with Gasteiger partial charge >= 0.3 is 0 Å². The van der Waals surface area contributed by atoms with Crippen molar-refractivity contribution in [3.63, 3.8) is 0 Å². The fraction of sp³-hybridized carbons (Fsp3) is 0.294. The van der Waals surface area contributed by atoms with Gasteiger partial charge in [-0.15, -0.1) is 11.3 Å². The maximum absolute atomic E-state index is 13.3. The first-order valence-corrected chi connectivity index (χ1v) is 8.61. The van der Waals surface area contributed by atoms with E-state index >= 15 is 0 Å². The minimum atomic E-state index is -0.815. The van der Waals surface area contributed by atoms with Crippen molar-refractivity contribution in [3.8, 4) is 10.7 Å². The van der Waals surface area contributed by atoms with Gasteiger partial charge in [0.1, 0.15) is 0 Å². The Balaban J connectivity index is 1.42. The normalized spacial score (nSPS) is 18.3. The molecule has 4 rings (SSSR count). The molecule has 0 N–H and O–H groups in total. The molecule has 0 aliphatic carbocycles. The van der Waals surface area contributed by atoms with E-state index in [1.807, 2.05) is 17.5 Å². The van der Waals surface area contributed by atoms with Crippen LogP contribution in [0.5, 0.6) is 0 Å². The molecule has 1 atom stereocenters. The molecule has 0 radical (unpaired) electrons. The Hall–Kier alpha value is -2.12. The summed E-state index contributed by atoms with van der Waals surface area (Å²) >= 11 is 1.58. The minimum absolute atomic E-state index is 0.177. The minimum Gasteiger partial charge on any atom is -0.339 e. The van der Waals surface area contributed by atoms with Gasteiger partial charge in [-0.3, -0.25) is 4.90 Å². The summed E-state index contributed by atoms with van der Waals surface area (Å²) in [6, 6.07) is 7.96. The lowest BCUT2D eigenvalue weighted by atomic mass is 10.1. The van der Waals surface area contributed by atoms with Gasteiger partial charge in [-0.1, -0.05) is 17.3 Å². The van der Waals surface area contributed by atoms with E-state index in [2.05, 4.69) is 15.0 Å². The Morgan fingerprint density at radius 3 is 2.96 bits per heavy atom. The number of halogens is 2. The highest BCUT2D eigenvalue weighted by atomic mass is 32.1. The van der Waals surface area contributed by atoms with Crippen molar-refractivity contribution in [2.75, 3.05) is 13.1 Å². The molecule has 0 amide bonds. The molecular formula is C17H15F2N3OS. The molecule has 1 aliphatic heterocycles. The van der Waals surface area contributed by atoms with E-state index in [-0.39, 0.29) is 5.92 Å². The van der Waals surface area contributed by atoms with Crippen molar-refractivity contribution in [1.29, 1.82) is 0 Å². The SMILES string of the molecule is Fc1ccc(CN2CC[C@H](c3nc(-c4cccs4)no3)C2)cc1F. The van der Waals surface area contributed by atoms with Crippen LogP contribution in [0, 0.1) is 11.6 Å². The van der Waals surface area contributed by atoms with Crippen molar-refractivity contribution in [1.82, 2.24) is 15.0 Å². The number of hydrogen-bond donors (Lipinski definition) is 0. The topological polar surface area (TPSA) is 42.2 Å². The zero-order chi connectivity index (χ0) is 16.5. The van der Waals surface area contributed by atoms with Crippen LogP contribution in [0.3, 0.4) is 0 Å². The molecule has 0 saturated carbocycles. The van der Waals surface area contributed by atoms with Crippen molar-refractivity contribution in [2.24, 2.45) is 0 Å². The van der Waals surface area contributed by atoms with Crippen LogP contribution in [-0.2, 0) is 6.54 Å². The average Bonchev–Trinajstić information content (AvgIpc) is 3.30. The second-order valence-corrected chi connectivity index (χ2v) is 6.85. The summed E-state index contributed by atoms with van der Waals surface area (Å²) in [5.41, 5.74) is 0.763. The zero-order valence-corrected chi connectivity index (χ0v) is 13.6. The van der Waals surface area contributed by atoms with Crippen molar-refractivity contribution < 1.29 is 13.3 Å². The van der Waals surface area contributed by atoms with Gasteiger partial charge in [0.2, 0.25) is 11.7 Å². The smallest absolute Gasteiger partial charge is 0.231 e. The largest absolute Gasteiger partial charge is 0.339 e. The summed E-state index contributed by atoms with van der Waals surface area (Å²) in [5.74, 6) is -0.174. The molecule has 0 unspecified atom stereocenters. The molecule has 7 heteroatoms. The van der Waals surface area contributed by atoms with Crippen LogP contribution in [0.15, 0.2) is 40.2 Å². The summed E-state index contributed by atoms with van der Waals surface area (Å²) in [6.45, 7) is 2.21. The fourth-order valence-electron chi connectivity index (χ4n) is 2.98. The molecule has 1 aromatic carbocycles. The van der Waals surface area contributed by atoms with E-state index in [0.29, 0.717) is 18.3 Å². The molecule has 1 fully saturated rings. The number of likely N-dealkylation sites (tertiary alicyclic amines) is 1. The second kappa shape index (κ2) is 6.41. The number of rotatable bonds is 4. The van der Waals surface area contributed by atoms with E-state index in [1.54, 1.807) is 17.4 Å². The van der Waals surface area contributed by atoms with Gasteiger partial charge in [0.25, 0.3) is 0 Å². The van der Waals surface area contributed by atoms with Crippen LogP contribution in [0.2, 0.25) is 0 Å². The molecule has 3 heterocycles. The van der Waals surface area contributed by atoms with E-state index in [4.69, 9.17) is 4.52 Å². The van der Waals surface area contributed by atoms with Gasteiger partial charge in [0.05, 0.1) is 10.8 Å². The van der Waals surface area contributed by atoms with Gasteiger partial charge in [0, 0.05) is 13.1 Å². The average molecular weight is 347 g/mol. The van der Waals surface area contributed by atoms with Gasteiger partial charge in [-0.25, -0.2) is 8.78 Å². The van der Waals surface area contributed by atoms with E-state index in [1.165, 1.54) is 12.1 Å². The molecule has 24 heavy (non-hydrogen) atoms. The number of thiophene rings is 1. The molecule has 3 aromatic rings. The van der Waals surface area contributed by atoms with Crippen LogP contribution < -0.4 is 0 Å². The summed E-state index contributed by atoms with van der Waals surface area (Å²) < 4.78 is 31.7. The zero-order valence-electron chi connectivity index (χ0n) is 12.8. The lowest BCUT2D eigenvalue weighted by Gasteiger charge is -2.15. The predicted molar refractivity (Wildman–Crippen MR) is 86.6 cm³/mol. The highest BCUT2D eigenvalue weighted by Crippen LogP contribution is 2.29. The third-order valence-electron chi connectivity index (χ3n) is 4.20. The molecule has 1 saturated heterocycles. The maximum atomic E-state index is 13.3. The van der Waals surface area contributed by atoms with E-state index < -0.39 is 11.6 Å². The van der Waals surface area contributed by atoms with Crippen molar-refractivity contribution >= 4 is 11.3 Å². The molecular weight excluding hydrogens is 332 g/mol. The fourth-order valence-corrected chi connectivity index (χ4v) is 3.63. The summed E-state index contributed by atoms with van der Waals surface area (Å²) in [7, 11) is 0. The Morgan fingerprint density at radius 1 is 1.25 bits per heavy atom. The Bertz CT molecular complexity index is 834. The highest BCUT2D eigenvalue weighted by Gasteiger charge is 2.28. The maximum Gasteiger partial charge on any atom is 0.231 e. The Labute approximate surface area is 141 Å². The first-order valence-electron chi connectivity index (χ1n) is 7.73. The Kier molecular flexibility index (Phi) is 4.12. The second-order valence-electron chi connectivity index (χ2n) is 5.90. The van der Waals surface area contributed by atoms with Gasteiger partial charge < -0.3 is 4.52 Å². The molecule has 1 aliphatic rings. The number of benzene rings is 1. The lowest BCUT2D eigenvalue weighted by molar-refractivity contribution is 0.308. The van der Waals surface area contributed by atoms with Crippen LogP contribution in [0.25, 0.3) is 10.7 Å². The number of hydrogen-bond acceptors (Lipinski definition) is 5. The predicted octanol–water partition coefficient (Wildman–Crippen LogP) is 4.07. The molecule has 2 aromatic heterocycles. The standard InChI is InChI=1S/C17H15F2N3OS/c18-13-4-3-11(8-14(13)19)9-22-6-5-12(10-22)17-20-16(21-23-17)15-2-1-7-24-15/h1-4,7-8,12H,5-6,9-10H2/t12-/m0/s1. The Morgan fingerprint density at radius 2 is 2.17 bits per heavy atom. The third kappa shape index (κ3) is 3.09. The van der Waals surface area contributed by atoms with E-state index in [0.717, 1.165) is 30.0 Å². The number of nitrogens with zero attached hydrogens (tertiary/aromatic N) is 3. The van der Waals surface area contributed by atoms with Gasteiger partial charge in [0.15, 0.2) is 11.6 Å². The van der Waals surface area contributed by atoms with Crippen molar-refractivity contribution in [2.45, 2.75) is 18.9 Å². The highest BCUT2D eigenvalue weighted by molar-refractivity contribution is 7.13. The van der Waals surface area contributed by atoms with Crippen LogP contribution in [0.1, 0.15) is 23.8 Å². The van der Waals surface area contributed by atoms with Crippen LogP contribution in [-0.4, -0.2) is 28.1 Å². The monoisotopic (exact) mass is 347 g/mol. The quantitative estimate of drug-likeness (QED) is 0.714. The first-order chi connectivity index (χ1) is 11.7. The van der Waals surface area contributed by atoms with Gasteiger partial charge in [-0.05, 0) is 42.1 Å². The molecule has 0 spiro atoms. The molecule has 0 bridgehead atoms. The summed E-state index contributed by atoms with van der Waals surface area (Å²) in [5, 5.41) is 6.02. The lowest BCUT2D eigenvalue weighted by Crippen LogP contribution is -2.20. The van der Waals surface area contributed by atoms with Crippen LogP contribution in [0.4, 0.5) is 8.78 Å². The summed E-state index contributed by atoms with van der Waals surface area (Å²) in [6.07, 6.45) is 0.912. The third-order valence-corrected chi connectivity index (χ3v) is 5.06. The van der Waals surface area contributed by atoms with E-state index in [9.17, 15) is 8.78 Å². The first kappa shape index (κ1) is 15.4. The number of aromatic nitrogens is 2. The van der Waals surface area contributed by atoms with Gasteiger partial charge in [-0.2, -0.15) is 4.98 Å². The van der Waals surface area contributed by atoms with Crippen molar-refractivity contribution in [3.05, 3.63) is 58.8 Å². The molecule has 124 valence electrons. The molecule has 4 nitrogen and oxygen atoms in total. The van der Waals surface area contributed by atoms with Crippen LogP contribution >= 0.6 is 11.3 Å².